The summed E-state index contributed by atoms with van der Waals surface area (Å²) in [6.45, 7) is 7.98. The van der Waals surface area contributed by atoms with Crippen molar-refractivity contribution in [2.45, 2.75) is 58.3 Å². The third kappa shape index (κ3) is 3.45. The van der Waals surface area contributed by atoms with Crippen LogP contribution in [0.15, 0.2) is 4.52 Å². The third-order valence-electron chi connectivity index (χ3n) is 5.72. The third-order valence-corrected chi connectivity index (χ3v) is 5.72. The number of nitrogens with zero attached hydrogens (tertiary/aromatic N) is 3. The first-order chi connectivity index (χ1) is 12.1. The predicted molar refractivity (Wildman–Crippen MR) is 89.5 cm³/mol. The summed E-state index contributed by atoms with van der Waals surface area (Å²) in [4.78, 5) is 20.5. The molecule has 0 N–H and O–H groups in total. The van der Waals surface area contributed by atoms with Crippen LogP contribution in [0.3, 0.4) is 0 Å². The number of rotatable bonds is 3. The van der Waals surface area contributed by atoms with E-state index in [9.17, 15) is 4.79 Å². The number of hydrogen-bond acceptors (Lipinski definition) is 6. The van der Waals surface area contributed by atoms with Crippen molar-refractivity contribution in [3.63, 3.8) is 0 Å². The topological polar surface area (TPSA) is 68.0 Å². The molecule has 3 atom stereocenters. The second-order valence-electron chi connectivity index (χ2n) is 7.47. The van der Waals surface area contributed by atoms with E-state index < -0.39 is 0 Å². The maximum atomic E-state index is 12.6. The van der Waals surface area contributed by atoms with Crippen molar-refractivity contribution in [3.8, 4) is 0 Å². The number of piperidine rings is 1. The summed E-state index contributed by atoms with van der Waals surface area (Å²) in [7, 11) is 0. The minimum atomic E-state index is -0.341. The van der Waals surface area contributed by atoms with Gasteiger partial charge in [-0.05, 0) is 52.0 Å². The second kappa shape index (κ2) is 7.05. The van der Waals surface area contributed by atoms with Crippen molar-refractivity contribution >= 4 is 5.91 Å². The van der Waals surface area contributed by atoms with Gasteiger partial charge < -0.3 is 9.26 Å². The smallest absolute Gasteiger partial charge is 0.275 e. The fourth-order valence-electron chi connectivity index (χ4n) is 4.18. The predicted octanol–water partition coefficient (Wildman–Crippen LogP) is 1.82. The molecular weight excluding hydrogens is 322 g/mol. The first-order valence-electron chi connectivity index (χ1n) is 9.35. The van der Waals surface area contributed by atoms with E-state index in [0.717, 1.165) is 56.8 Å². The van der Waals surface area contributed by atoms with Crippen LogP contribution in [0.2, 0.25) is 0 Å². The lowest BCUT2D eigenvalue weighted by Crippen LogP contribution is -2.43. The Bertz CT molecular complexity index is 606. The minimum absolute atomic E-state index is 0.00590. The highest BCUT2D eigenvalue weighted by Gasteiger charge is 2.43. The maximum Gasteiger partial charge on any atom is 0.275 e. The summed E-state index contributed by atoms with van der Waals surface area (Å²) in [5, 5.41) is 5.56. The summed E-state index contributed by atoms with van der Waals surface area (Å²) in [5.74, 6) is 1.37. The number of carbonyl (C=O) groups excluding carboxylic acids is 1. The van der Waals surface area contributed by atoms with E-state index in [2.05, 4.69) is 10.1 Å². The van der Waals surface area contributed by atoms with Crippen molar-refractivity contribution in [2.75, 3.05) is 26.2 Å². The lowest BCUT2D eigenvalue weighted by atomic mass is 9.91. The molecule has 0 unspecified atom stereocenters. The van der Waals surface area contributed by atoms with Crippen molar-refractivity contribution in [1.82, 2.24) is 15.1 Å². The molecule has 0 saturated carbocycles. The van der Waals surface area contributed by atoms with Gasteiger partial charge >= 0.3 is 0 Å². The van der Waals surface area contributed by atoms with Gasteiger partial charge in [-0.15, -0.1) is 0 Å². The fraction of sp³-hybridized carbons (Fsp3) is 0.778. The Balaban J connectivity index is 1.35. The molecule has 0 bridgehead atoms. The average Bonchev–Trinajstić information content (AvgIpc) is 3.20. The van der Waals surface area contributed by atoms with Gasteiger partial charge in [-0.1, -0.05) is 5.16 Å². The van der Waals surface area contributed by atoms with Crippen LogP contribution in [0.4, 0.5) is 0 Å². The van der Waals surface area contributed by atoms with E-state index in [4.69, 9.17) is 14.1 Å². The van der Waals surface area contributed by atoms with E-state index in [1.807, 2.05) is 13.8 Å². The van der Waals surface area contributed by atoms with Gasteiger partial charge in [0.1, 0.15) is 11.9 Å². The zero-order chi connectivity index (χ0) is 17.4. The molecule has 138 valence electrons. The van der Waals surface area contributed by atoms with Crippen LogP contribution in [0.1, 0.15) is 42.7 Å². The van der Waals surface area contributed by atoms with Gasteiger partial charge in [0.2, 0.25) is 0 Å². The molecule has 1 aromatic rings. The van der Waals surface area contributed by atoms with Gasteiger partial charge in [-0.2, -0.15) is 0 Å². The number of likely N-dealkylation sites (tertiary alicyclic amines) is 1. The Kier molecular flexibility index (Phi) is 4.80. The van der Waals surface area contributed by atoms with Gasteiger partial charge in [-0.3, -0.25) is 14.5 Å². The number of ether oxygens (including phenoxy) is 1. The van der Waals surface area contributed by atoms with Crippen LogP contribution in [-0.2, 0) is 20.9 Å². The van der Waals surface area contributed by atoms with Crippen LogP contribution < -0.4 is 0 Å². The average molecular weight is 349 g/mol. The zero-order valence-corrected chi connectivity index (χ0v) is 15.1. The Morgan fingerprint density at radius 3 is 2.88 bits per heavy atom. The fourth-order valence-corrected chi connectivity index (χ4v) is 4.18. The van der Waals surface area contributed by atoms with Crippen molar-refractivity contribution in [3.05, 3.63) is 17.0 Å². The summed E-state index contributed by atoms with van der Waals surface area (Å²) in [6.07, 6.45) is 3.72. The van der Waals surface area contributed by atoms with Crippen molar-refractivity contribution < 1.29 is 18.9 Å². The van der Waals surface area contributed by atoms with Gasteiger partial charge in [0.05, 0.1) is 18.4 Å². The molecule has 4 rings (SSSR count). The second-order valence-corrected chi connectivity index (χ2v) is 7.47. The van der Waals surface area contributed by atoms with Gasteiger partial charge in [0.25, 0.3) is 5.91 Å². The highest BCUT2D eigenvalue weighted by Crippen LogP contribution is 2.35. The molecule has 0 aliphatic carbocycles. The normalized spacial score (nSPS) is 30.5. The molecule has 0 spiro atoms. The van der Waals surface area contributed by atoms with Gasteiger partial charge in [0.15, 0.2) is 0 Å². The van der Waals surface area contributed by atoms with Crippen molar-refractivity contribution in [2.24, 2.45) is 5.92 Å². The maximum absolute atomic E-state index is 12.6. The quantitative estimate of drug-likeness (QED) is 0.829. The Morgan fingerprint density at radius 1 is 1.28 bits per heavy atom. The van der Waals surface area contributed by atoms with E-state index in [-0.39, 0.29) is 18.1 Å². The molecule has 0 radical (unpaired) electrons. The molecular formula is C18H27N3O4. The number of amides is 1. The first kappa shape index (κ1) is 17.0. The monoisotopic (exact) mass is 349 g/mol. The molecule has 25 heavy (non-hydrogen) atoms. The molecule has 0 aromatic carbocycles. The first-order valence-corrected chi connectivity index (χ1v) is 9.35. The standard InChI is InChI=1S/C18H27N3O4/c1-12-15(13(2)25-19-12)10-20-7-5-14-9-16(24-17(14)11-20)18(22)21-6-3-4-8-23-21/h14,16-17H,3-11H2,1-2H3/t14-,16-,17+/m1/s1. The zero-order valence-electron chi connectivity index (χ0n) is 15.1. The van der Waals surface area contributed by atoms with Crippen LogP contribution >= 0.6 is 0 Å². The number of carbonyl (C=O) groups is 1. The van der Waals surface area contributed by atoms with Crippen molar-refractivity contribution in [1.29, 1.82) is 0 Å². The largest absolute Gasteiger partial charge is 0.363 e. The molecule has 3 fully saturated rings. The Labute approximate surface area is 148 Å². The molecule has 4 heterocycles. The number of aromatic nitrogens is 1. The summed E-state index contributed by atoms with van der Waals surface area (Å²) < 4.78 is 11.4. The van der Waals surface area contributed by atoms with Crippen LogP contribution in [-0.4, -0.2) is 59.5 Å². The van der Waals surface area contributed by atoms with Crippen LogP contribution in [0.25, 0.3) is 0 Å². The highest BCUT2D eigenvalue weighted by molar-refractivity contribution is 5.80. The van der Waals surface area contributed by atoms with E-state index >= 15 is 0 Å². The molecule has 3 aliphatic heterocycles. The molecule has 3 saturated heterocycles. The van der Waals surface area contributed by atoms with Crippen LogP contribution in [0, 0.1) is 19.8 Å². The molecule has 3 aliphatic rings. The molecule has 1 aromatic heterocycles. The van der Waals surface area contributed by atoms with E-state index in [1.165, 1.54) is 10.6 Å². The van der Waals surface area contributed by atoms with E-state index in [0.29, 0.717) is 19.1 Å². The molecule has 7 heteroatoms. The lowest BCUT2D eigenvalue weighted by molar-refractivity contribution is -0.206. The Morgan fingerprint density at radius 2 is 2.16 bits per heavy atom. The SMILES string of the molecule is Cc1noc(C)c1CN1CC[C@@H]2C[C@H](C(=O)N3CCCCO3)O[C@H]2C1. The highest BCUT2D eigenvalue weighted by atomic mass is 16.7. The number of aryl methyl sites for hydroxylation is 2. The summed E-state index contributed by atoms with van der Waals surface area (Å²) in [5.41, 5.74) is 2.13. The number of fused-ring (bicyclic) bond motifs is 1. The Hall–Kier alpha value is -1.44. The van der Waals surface area contributed by atoms with Gasteiger partial charge in [0, 0.05) is 25.2 Å². The minimum Gasteiger partial charge on any atom is -0.363 e. The summed E-state index contributed by atoms with van der Waals surface area (Å²) >= 11 is 0. The molecule has 1 amide bonds. The number of hydrogen-bond donors (Lipinski definition) is 0. The van der Waals surface area contributed by atoms with Crippen LogP contribution in [0.5, 0.6) is 0 Å². The van der Waals surface area contributed by atoms with Gasteiger partial charge in [-0.25, -0.2) is 5.06 Å². The summed E-state index contributed by atoms with van der Waals surface area (Å²) in [6, 6.07) is 0. The lowest BCUT2D eigenvalue weighted by Gasteiger charge is -2.34. The number of hydroxylamine groups is 2. The molecule has 7 nitrogen and oxygen atoms in total. The van der Waals surface area contributed by atoms with E-state index in [1.54, 1.807) is 0 Å².